The van der Waals surface area contributed by atoms with Crippen LogP contribution in [0.5, 0.6) is 0 Å². The van der Waals surface area contributed by atoms with E-state index in [2.05, 4.69) is 26.8 Å². The van der Waals surface area contributed by atoms with E-state index in [4.69, 9.17) is 5.11 Å². The van der Waals surface area contributed by atoms with Gasteiger partial charge in [-0.15, -0.1) is 0 Å². The zero-order chi connectivity index (χ0) is 12.0. The van der Waals surface area contributed by atoms with Crippen molar-refractivity contribution in [2.45, 2.75) is 59.3 Å². The highest BCUT2D eigenvalue weighted by Gasteiger charge is 2.15. The number of rotatable bonds is 6. The summed E-state index contributed by atoms with van der Waals surface area (Å²) in [7, 11) is 0. The maximum atomic E-state index is 8.97. The third-order valence-electron chi connectivity index (χ3n) is 3.99. The molecule has 1 rings (SSSR count). The Labute approximate surface area is 101 Å². The molecule has 16 heavy (non-hydrogen) atoms. The lowest BCUT2D eigenvalue weighted by atomic mass is 9.83. The average molecular weight is 224 g/mol. The van der Waals surface area contributed by atoms with Gasteiger partial charge in [0.15, 0.2) is 0 Å². The van der Waals surface area contributed by atoms with Crippen LogP contribution < -0.4 is 0 Å². The molecule has 0 fully saturated rings. The van der Waals surface area contributed by atoms with Crippen molar-refractivity contribution in [3.63, 3.8) is 0 Å². The van der Waals surface area contributed by atoms with E-state index in [0.29, 0.717) is 12.5 Å². The molecule has 3 unspecified atom stereocenters. The Morgan fingerprint density at radius 1 is 1.38 bits per heavy atom. The van der Waals surface area contributed by atoms with Gasteiger partial charge in [0.05, 0.1) is 0 Å². The third kappa shape index (κ3) is 4.69. The third-order valence-corrected chi connectivity index (χ3v) is 3.99. The Balaban J connectivity index is 2.22. The van der Waals surface area contributed by atoms with E-state index in [1.165, 1.54) is 38.5 Å². The van der Waals surface area contributed by atoms with Gasteiger partial charge < -0.3 is 5.11 Å². The van der Waals surface area contributed by atoms with Crippen LogP contribution in [-0.4, -0.2) is 11.7 Å². The predicted octanol–water partition coefficient (Wildman–Crippen LogP) is 4.17. The molecule has 0 bridgehead atoms. The molecule has 1 N–H and O–H groups in total. The van der Waals surface area contributed by atoms with Crippen LogP contribution in [0, 0.1) is 17.8 Å². The van der Waals surface area contributed by atoms with Crippen molar-refractivity contribution >= 4 is 0 Å². The van der Waals surface area contributed by atoms with E-state index >= 15 is 0 Å². The van der Waals surface area contributed by atoms with E-state index in [1.54, 1.807) is 5.57 Å². The number of hydrogen-bond donors (Lipinski definition) is 1. The lowest BCUT2D eigenvalue weighted by Crippen LogP contribution is -2.08. The van der Waals surface area contributed by atoms with Crippen LogP contribution >= 0.6 is 0 Å². The van der Waals surface area contributed by atoms with Crippen molar-refractivity contribution in [1.82, 2.24) is 0 Å². The first kappa shape index (κ1) is 13.8. The lowest BCUT2D eigenvalue weighted by molar-refractivity contribution is 0.226. The maximum absolute atomic E-state index is 8.97. The van der Waals surface area contributed by atoms with Gasteiger partial charge in [0.25, 0.3) is 0 Å². The van der Waals surface area contributed by atoms with Crippen molar-refractivity contribution in [1.29, 1.82) is 0 Å². The summed E-state index contributed by atoms with van der Waals surface area (Å²) >= 11 is 0. The molecule has 94 valence electrons. The standard InChI is InChI=1S/C15H28O/c1-12-7-9-15(10-8-12)14(3)6-4-5-13(2)11-16/h9,12-14,16H,4-8,10-11H2,1-3H3. The molecule has 0 aliphatic heterocycles. The second-order valence-electron chi connectivity index (χ2n) is 5.78. The summed E-state index contributed by atoms with van der Waals surface area (Å²) in [6, 6.07) is 0. The summed E-state index contributed by atoms with van der Waals surface area (Å²) in [4.78, 5) is 0. The summed E-state index contributed by atoms with van der Waals surface area (Å²) in [5, 5.41) is 8.97. The minimum atomic E-state index is 0.342. The van der Waals surface area contributed by atoms with Crippen LogP contribution in [0.2, 0.25) is 0 Å². The topological polar surface area (TPSA) is 20.2 Å². The zero-order valence-corrected chi connectivity index (χ0v) is 11.2. The van der Waals surface area contributed by atoms with Gasteiger partial charge in [0.2, 0.25) is 0 Å². The summed E-state index contributed by atoms with van der Waals surface area (Å²) in [6.45, 7) is 7.19. The lowest BCUT2D eigenvalue weighted by Gasteiger charge is -2.23. The minimum absolute atomic E-state index is 0.342. The van der Waals surface area contributed by atoms with E-state index in [-0.39, 0.29) is 0 Å². The van der Waals surface area contributed by atoms with Crippen molar-refractivity contribution < 1.29 is 5.11 Å². The highest BCUT2D eigenvalue weighted by atomic mass is 16.3. The Kier molecular flexibility index (Phi) is 6.12. The fourth-order valence-electron chi connectivity index (χ4n) is 2.48. The predicted molar refractivity (Wildman–Crippen MR) is 70.4 cm³/mol. The van der Waals surface area contributed by atoms with Gasteiger partial charge in [-0.2, -0.15) is 0 Å². The van der Waals surface area contributed by atoms with E-state index < -0.39 is 0 Å². The molecule has 0 aromatic rings. The first-order valence-corrected chi connectivity index (χ1v) is 6.93. The van der Waals surface area contributed by atoms with Crippen LogP contribution in [0.4, 0.5) is 0 Å². The van der Waals surface area contributed by atoms with Gasteiger partial charge in [-0.1, -0.05) is 38.8 Å². The highest BCUT2D eigenvalue weighted by Crippen LogP contribution is 2.30. The largest absolute Gasteiger partial charge is 0.396 e. The molecule has 1 nitrogen and oxygen atoms in total. The molecule has 0 aromatic heterocycles. The van der Waals surface area contributed by atoms with Crippen molar-refractivity contribution in [3.8, 4) is 0 Å². The summed E-state index contributed by atoms with van der Waals surface area (Å²) in [6.07, 6.45) is 10.2. The highest BCUT2D eigenvalue weighted by molar-refractivity contribution is 5.09. The van der Waals surface area contributed by atoms with Crippen LogP contribution in [-0.2, 0) is 0 Å². The van der Waals surface area contributed by atoms with Crippen LogP contribution in [0.15, 0.2) is 11.6 Å². The number of hydrogen-bond acceptors (Lipinski definition) is 1. The second kappa shape index (κ2) is 7.11. The van der Waals surface area contributed by atoms with Gasteiger partial charge >= 0.3 is 0 Å². The van der Waals surface area contributed by atoms with Crippen molar-refractivity contribution in [3.05, 3.63) is 11.6 Å². The molecule has 0 spiro atoms. The molecule has 0 saturated carbocycles. The molecule has 0 heterocycles. The first-order valence-electron chi connectivity index (χ1n) is 6.93. The first-order chi connectivity index (χ1) is 7.63. The smallest absolute Gasteiger partial charge is 0.0456 e. The van der Waals surface area contributed by atoms with Crippen LogP contribution in [0.25, 0.3) is 0 Å². The van der Waals surface area contributed by atoms with E-state index in [1.807, 2.05) is 0 Å². The Hall–Kier alpha value is -0.300. The Bertz CT molecular complexity index is 219. The SMILES string of the molecule is CC(CO)CCCC(C)C1=CCC(C)CC1. The number of aliphatic hydroxyl groups is 1. The molecular weight excluding hydrogens is 196 g/mol. The Morgan fingerprint density at radius 2 is 2.12 bits per heavy atom. The maximum Gasteiger partial charge on any atom is 0.0456 e. The monoisotopic (exact) mass is 224 g/mol. The van der Waals surface area contributed by atoms with E-state index in [9.17, 15) is 0 Å². The molecule has 1 aliphatic rings. The summed E-state index contributed by atoms with van der Waals surface area (Å²) in [5.41, 5.74) is 1.69. The van der Waals surface area contributed by atoms with Crippen LogP contribution in [0.3, 0.4) is 0 Å². The molecule has 1 heteroatoms. The van der Waals surface area contributed by atoms with Gasteiger partial charge in [0, 0.05) is 6.61 Å². The quantitative estimate of drug-likeness (QED) is 0.671. The van der Waals surface area contributed by atoms with E-state index in [0.717, 1.165) is 11.8 Å². The zero-order valence-electron chi connectivity index (χ0n) is 11.2. The van der Waals surface area contributed by atoms with Gasteiger partial charge in [-0.25, -0.2) is 0 Å². The molecule has 0 radical (unpaired) electrons. The normalized spacial score (nSPS) is 25.0. The van der Waals surface area contributed by atoms with Gasteiger partial charge in [-0.05, 0) is 49.9 Å². The van der Waals surface area contributed by atoms with Crippen molar-refractivity contribution in [2.24, 2.45) is 17.8 Å². The molecule has 0 aromatic carbocycles. The van der Waals surface area contributed by atoms with Gasteiger partial charge in [0.1, 0.15) is 0 Å². The molecule has 0 amide bonds. The number of aliphatic hydroxyl groups excluding tert-OH is 1. The van der Waals surface area contributed by atoms with Crippen molar-refractivity contribution in [2.75, 3.05) is 6.61 Å². The average Bonchev–Trinajstić information content (AvgIpc) is 2.29. The fourth-order valence-corrected chi connectivity index (χ4v) is 2.48. The Morgan fingerprint density at radius 3 is 2.69 bits per heavy atom. The second-order valence-corrected chi connectivity index (χ2v) is 5.78. The molecule has 0 saturated heterocycles. The minimum Gasteiger partial charge on any atom is -0.396 e. The fraction of sp³-hybridized carbons (Fsp3) is 0.867. The van der Waals surface area contributed by atoms with Crippen LogP contribution in [0.1, 0.15) is 59.3 Å². The summed E-state index contributed by atoms with van der Waals surface area (Å²) < 4.78 is 0. The summed E-state index contributed by atoms with van der Waals surface area (Å²) in [5.74, 6) is 2.14. The molecular formula is C15H28O. The molecule has 3 atom stereocenters. The van der Waals surface area contributed by atoms with Gasteiger partial charge in [-0.3, -0.25) is 0 Å². The number of allylic oxidation sites excluding steroid dienone is 2. The molecule has 1 aliphatic carbocycles.